The van der Waals surface area contributed by atoms with E-state index in [1.807, 2.05) is 6.92 Å². The Morgan fingerprint density at radius 1 is 1.43 bits per heavy atom. The number of hydrogen-bond acceptors (Lipinski definition) is 2. The molecule has 1 rings (SSSR count). The summed E-state index contributed by atoms with van der Waals surface area (Å²) in [5.74, 6) is -0.715. The van der Waals surface area contributed by atoms with Crippen molar-refractivity contribution in [3.05, 3.63) is 0 Å². The van der Waals surface area contributed by atoms with Crippen LogP contribution in [0.2, 0.25) is 0 Å². The van der Waals surface area contributed by atoms with E-state index < -0.39 is 5.97 Å². The Bertz CT molecular complexity index is 170. The molecule has 1 aliphatic carbocycles. The number of carbonyl (C=O) groups is 1. The van der Waals surface area contributed by atoms with Crippen molar-refractivity contribution in [1.29, 1.82) is 0 Å². The predicted molar refractivity (Wildman–Crippen MR) is 58.9 cm³/mol. The minimum absolute atomic E-state index is 0. The molecule has 0 radical (unpaired) electrons. The summed E-state index contributed by atoms with van der Waals surface area (Å²) in [4.78, 5) is 10.7. The van der Waals surface area contributed by atoms with Crippen LogP contribution in [0.4, 0.5) is 0 Å². The van der Waals surface area contributed by atoms with E-state index in [2.05, 4.69) is 5.32 Å². The molecule has 0 aliphatic heterocycles. The van der Waals surface area contributed by atoms with Crippen LogP contribution >= 0.6 is 0 Å². The summed E-state index contributed by atoms with van der Waals surface area (Å²) in [6, 6.07) is 0.0953. The van der Waals surface area contributed by atoms with E-state index in [0.717, 1.165) is 12.8 Å². The number of carboxylic acid groups (broad SMARTS) is 1. The van der Waals surface area contributed by atoms with E-state index in [9.17, 15) is 4.79 Å². The Kier molecular flexibility index (Phi) is 7.92. The van der Waals surface area contributed by atoms with Crippen LogP contribution in [0.1, 0.15) is 45.4 Å². The molecule has 2 N–H and O–H groups in total. The monoisotopic (exact) mass is 209 g/mol. The molecule has 0 aromatic heterocycles. The average Bonchev–Trinajstić information content (AvgIpc) is 2.15. The van der Waals surface area contributed by atoms with Gasteiger partial charge in [0.15, 0.2) is 0 Å². The first-order chi connectivity index (χ1) is 6.24. The summed E-state index contributed by atoms with van der Waals surface area (Å²) < 4.78 is 0. The molecule has 4 heteroatoms. The molecule has 0 spiro atoms. The van der Waals surface area contributed by atoms with Crippen molar-refractivity contribution in [2.24, 2.45) is 0 Å². The molecule has 1 unspecified atom stereocenters. The zero-order chi connectivity index (χ0) is 9.68. The molecule has 1 aliphatic rings. The molecule has 1 atom stereocenters. The number of hydrogen-bond donors (Lipinski definition) is 2. The number of nitrogens with one attached hydrogen (secondary N) is 1. The molecule has 0 heterocycles. The zero-order valence-electron chi connectivity index (χ0n) is 8.25. The summed E-state index contributed by atoms with van der Waals surface area (Å²) in [6.45, 7) is 1.91. The molecule has 1 fully saturated rings. The summed E-state index contributed by atoms with van der Waals surface area (Å²) in [7, 11) is 0. The third-order valence-corrected chi connectivity index (χ3v) is 2.75. The zero-order valence-corrected chi connectivity index (χ0v) is 8.25. The van der Waals surface area contributed by atoms with Crippen LogP contribution in [-0.2, 0) is 4.79 Å². The van der Waals surface area contributed by atoms with Gasteiger partial charge in [0.2, 0.25) is 0 Å². The summed E-state index contributed by atoms with van der Waals surface area (Å²) in [5.41, 5.74) is 0. The first-order valence-electron chi connectivity index (χ1n) is 5.23. The van der Waals surface area contributed by atoms with Gasteiger partial charge in [-0.25, -0.2) is 0 Å². The van der Waals surface area contributed by atoms with Crippen molar-refractivity contribution in [2.75, 3.05) is 0 Å². The van der Waals surface area contributed by atoms with Gasteiger partial charge in [-0.1, -0.05) is 26.2 Å². The van der Waals surface area contributed by atoms with Gasteiger partial charge < -0.3 is 10.4 Å². The Morgan fingerprint density at radius 2 is 2.00 bits per heavy atom. The van der Waals surface area contributed by atoms with E-state index in [1.165, 1.54) is 19.3 Å². The van der Waals surface area contributed by atoms with Gasteiger partial charge >= 0.3 is 35.5 Å². The van der Waals surface area contributed by atoms with Gasteiger partial charge in [0.1, 0.15) is 6.04 Å². The van der Waals surface area contributed by atoms with Gasteiger partial charge in [-0.15, -0.1) is 0 Å². The van der Waals surface area contributed by atoms with Gasteiger partial charge in [-0.3, -0.25) is 4.79 Å². The third kappa shape index (κ3) is 4.78. The molecule has 14 heavy (non-hydrogen) atoms. The number of aliphatic carboxylic acids is 1. The van der Waals surface area contributed by atoms with Crippen molar-refractivity contribution >= 4 is 35.5 Å². The summed E-state index contributed by atoms with van der Waals surface area (Å²) in [6.07, 6.45) is 6.75. The first kappa shape index (κ1) is 14.4. The van der Waals surface area contributed by atoms with Gasteiger partial charge in [0.05, 0.1) is 0 Å². The minimum atomic E-state index is -0.715. The Labute approximate surface area is 108 Å². The molecule has 78 valence electrons. The standard InChI is InChI=1S/C10H19NO2.Na.H/c1-2-9(10(12)13)11-8-6-4-3-5-7-8;;/h8-9,11H,2-7H2,1H3,(H,12,13);;. The van der Waals surface area contributed by atoms with E-state index >= 15 is 0 Å². The van der Waals surface area contributed by atoms with Crippen molar-refractivity contribution < 1.29 is 9.90 Å². The quantitative estimate of drug-likeness (QED) is 0.682. The van der Waals surface area contributed by atoms with Crippen LogP contribution in [0.15, 0.2) is 0 Å². The third-order valence-electron chi connectivity index (χ3n) is 2.75. The van der Waals surface area contributed by atoms with Crippen LogP contribution in [0.25, 0.3) is 0 Å². The molecule has 1 saturated carbocycles. The second kappa shape index (κ2) is 7.69. The van der Waals surface area contributed by atoms with Gasteiger partial charge in [-0.2, -0.15) is 0 Å². The van der Waals surface area contributed by atoms with E-state index in [-0.39, 0.29) is 35.6 Å². The Morgan fingerprint density at radius 3 is 2.43 bits per heavy atom. The molecular formula is C10H20NNaO2. The molecular weight excluding hydrogens is 189 g/mol. The van der Waals surface area contributed by atoms with Crippen LogP contribution < -0.4 is 5.32 Å². The summed E-state index contributed by atoms with van der Waals surface area (Å²) >= 11 is 0. The van der Waals surface area contributed by atoms with Crippen LogP contribution in [-0.4, -0.2) is 52.7 Å². The van der Waals surface area contributed by atoms with Crippen LogP contribution in [0.5, 0.6) is 0 Å². The van der Waals surface area contributed by atoms with Crippen molar-refractivity contribution in [3.63, 3.8) is 0 Å². The molecule has 0 amide bonds. The second-order valence-corrected chi connectivity index (χ2v) is 3.80. The fraction of sp³-hybridized carbons (Fsp3) is 0.900. The molecule has 0 bridgehead atoms. The second-order valence-electron chi connectivity index (χ2n) is 3.80. The van der Waals surface area contributed by atoms with Gasteiger partial charge in [0.25, 0.3) is 0 Å². The van der Waals surface area contributed by atoms with Crippen molar-refractivity contribution in [2.45, 2.75) is 57.5 Å². The molecule has 3 nitrogen and oxygen atoms in total. The van der Waals surface area contributed by atoms with Crippen molar-refractivity contribution in [3.8, 4) is 0 Å². The molecule has 0 aromatic rings. The Balaban J connectivity index is 0.00000169. The average molecular weight is 209 g/mol. The summed E-state index contributed by atoms with van der Waals surface area (Å²) in [5, 5.41) is 12.0. The topological polar surface area (TPSA) is 49.3 Å². The Hall–Kier alpha value is 0.430. The normalized spacial score (nSPS) is 19.8. The number of carboxylic acids is 1. The first-order valence-corrected chi connectivity index (χ1v) is 5.23. The van der Waals surface area contributed by atoms with Crippen molar-refractivity contribution in [1.82, 2.24) is 5.32 Å². The van der Waals surface area contributed by atoms with Crippen LogP contribution in [0, 0.1) is 0 Å². The maximum absolute atomic E-state index is 10.7. The maximum atomic E-state index is 10.7. The van der Waals surface area contributed by atoms with E-state index in [0.29, 0.717) is 12.5 Å². The van der Waals surface area contributed by atoms with E-state index in [1.54, 1.807) is 0 Å². The fourth-order valence-corrected chi connectivity index (χ4v) is 1.92. The van der Waals surface area contributed by atoms with E-state index in [4.69, 9.17) is 5.11 Å². The molecule has 0 saturated heterocycles. The number of rotatable bonds is 4. The van der Waals surface area contributed by atoms with Gasteiger partial charge in [0, 0.05) is 6.04 Å². The fourth-order valence-electron chi connectivity index (χ4n) is 1.92. The van der Waals surface area contributed by atoms with Gasteiger partial charge in [-0.05, 0) is 19.3 Å². The van der Waals surface area contributed by atoms with Crippen LogP contribution in [0.3, 0.4) is 0 Å². The SMILES string of the molecule is CCC(NC1CCCCC1)C(=O)O.[NaH]. The molecule has 0 aromatic carbocycles. The predicted octanol–water partition coefficient (Wildman–Crippen LogP) is 1.12.